The summed E-state index contributed by atoms with van der Waals surface area (Å²) in [5.74, 6) is 3.55. The van der Waals surface area contributed by atoms with Crippen molar-refractivity contribution in [1.29, 1.82) is 0 Å². The molecule has 0 aromatic rings. The molecule has 10 heavy (non-hydrogen) atoms. The SMILES string of the molecule is CCSCCN1CC(C)C1. The third kappa shape index (κ3) is 2.51. The minimum atomic E-state index is 0.964. The second-order valence-corrected chi connectivity index (χ2v) is 4.46. The molecule has 0 N–H and O–H groups in total. The molecular formula is C8H17NS. The van der Waals surface area contributed by atoms with Crippen LogP contribution in [0.15, 0.2) is 0 Å². The van der Waals surface area contributed by atoms with Crippen LogP contribution in [0.25, 0.3) is 0 Å². The first-order chi connectivity index (χ1) is 4.83. The van der Waals surface area contributed by atoms with Gasteiger partial charge in [0.2, 0.25) is 0 Å². The lowest BCUT2D eigenvalue weighted by molar-refractivity contribution is 0.122. The van der Waals surface area contributed by atoms with Crippen LogP contribution in [0.1, 0.15) is 13.8 Å². The molecule has 0 radical (unpaired) electrons. The predicted molar refractivity (Wildman–Crippen MR) is 48.6 cm³/mol. The standard InChI is InChI=1S/C8H17NS/c1-3-10-5-4-9-6-8(2)7-9/h8H,3-7H2,1-2H3. The van der Waals surface area contributed by atoms with E-state index in [4.69, 9.17) is 0 Å². The first-order valence-corrected chi connectivity index (χ1v) is 5.28. The highest BCUT2D eigenvalue weighted by Crippen LogP contribution is 2.14. The number of thioether (sulfide) groups is 1. The molecule has 0 atom stereocenters. The molecule has 0 saturated carbocycles. The normalized spacial score (nSPS) is 21.0. The molecule has 0 aromatic heterocycles. The van der Waals surface area contributed by atoms with Gasteiger partial charge in [-0.1, -0.05) is 13.8 Å². The minimum absolute atomic E-state index is 0.964. The minimum Gasteiger partial charge on any atom is -0.302 e. The average molecular weight is 159 g/mol. The quantitative estimate of drug-likeness (QED) is 0.574. The van der Waals surface area contributed by atoms with E-state index in [1.807, 2.05) is 11.8 Å². The second kappa shape index (κ2) is 4.24. The molecule has 0 aromatic carbocycles. The fourth-order valence-corrected chi connectivity index (χ4v) is 2.02. The number of nitrogens with zero attached hydrogens (tertiary/aromatic N) is 1. The highest BCUT2D eigenvalue weighted by molar-refractivity contribution is 7.99. The van der Waals surface area contributed by atoms with Crippen molar-refractivity contribution in [3.8, 4) is 0 Å². The number of hydrogen-bond donors (Lipinski definition) is 0. The maximum atomic E-state index is 2.54. The van der Waals surface area contributed by atoms with E-state index in [0.29, 0.717) is 0 Å². The Morgan fingerprint density at radius 2 is 2.20 bits per heavy atom. The van der Waals surface area contributed by atoms with Crippen LogP contribution in [0.3, 0.4) is 0 Å². The zero-order valence-corrected chi connectivity index (χ0v) is 7.78. The fraction of sp³-hybridized carbons (Fsp3) is 1.00. The van der Waals surface area contributed by atoms with Crippen LogP contribution in [0, 0.1) is 5.92 Å². The van der Waals surface area contributed by atoms with Gasteiger partial charge in [0.15, 0.2) is 0 Å². The van der Waals surface area contributed by atoms with Crippen molar-refractivity contribution in [2.24, 2.45) is 5.92 Å². The molecule has 1 heterocycles. The van der Waals surface area contributed by atoms with Crippen LogP contribution in [-0.4, -0.2) is 36.0 Å². The van der Waals surface area contributed by atoms with E-state index in [1.54, 1.807) is 0 Å². The Hall–Kier alpha value is 0.310. The van der Waals surface area contributed by atoms with Gasteiger partial charge in [0.25, 0.3) is 0 Å². The molecule has 0 bridgehead atoms. The summed E-state index contributed by atoms with van der Waals surface area (Å²) in [5, 5.41) is 0. The Labute approximate surface area is 68.2 Å². The highest BCUT2D eigenvalue weighted by atomic mass is 32.2. The van der Waals surface area contributed by atoms with Gasteiger partial charge in [0.1, 0.15) is 0 Å². The first kappa shape index (κ1) is 8.41. The van der Waals surface area contributed by atoms with Gasteiger partial charge in [-0.05, 0) is 11.7 Å². The Morgan fingerprint density at radius 3 is 2.70 bits per heavy atom. The third-order valence-electron chi connectivity index (χ3n) is 1.90. The van der Waals surface area contributed by atoms with Gasteiger partial charge >= 0.3 is 0 Å². The first-order valence-electron chi connectivity index (χ1n) is 4.13. The molecule has 0 amide bonds. The summed E-state index contributed by atoms with van der Waals surface area (Å²) in [6.07, 6.45) is 0. The summed E-state index contributed by atoms with van der Waals surface area (Å²) in [7, 11) is 0. The van der Waals surface area contributed by atoms with Gasteiger partial charge in [-0.2, -0.15) is 11.8 Å². The van der Waals surface area contributed by atoms with E-state index < -0.39 is 0 Å². The number of likely N-dealkylation sites (tertiary alicyclic amines) is 1. The summed E-state index contributed by atoms with van der Waals surface area (Å²) in [4.78, 5) is 2.54. The maximum Gasteiger partial charge on any atom is 0.00726 e. The summed E-state index contributed by atoms with van der Waals surface area (Å²) in [6.45, 7) is 8.53. The molecule has 2 heteroatoms. The van der Waals surface area contributed by atoms with E-state index >= 15 is 0 Å². The number of hydrogen-bond acceptors (Lipinski definition) is 2. The molecule has 0 aliphatic carbocycles. The van der Waals surface area contributed by atoms with E-state index in [9.17, 15) is 0 Å². The lowest BCUT2D eigenvalue weighted by Crippen LogP contribution is -2.45. The van der Waals surface area contributed by atoms with Gasteiger partial charge < -0.3 is 4.90 Å². The van der Waals surface area contributed by atoms with Gasteiger partial charge in [-0.25, -0.2) is 0 Å². The van der Waals surface area contributed by atoms with Crippen molar-refractivity contribution in [1.82, 2.24) is 4.90 Å². The van der Waals surface area contributed by atoms with Crippen LogP contribution < -0.4 is 0 Å². The lowest BCUT2D eigenvalue weighted by atomic mass is 10.0. The van der Waals surface area contributed by atoms with Crippen molar-refractivity contribution in [3.63, 3.8) is 0 Å². The summed E-state index contributed by atoms with van der Waals surface area (Å²) < 4.78 is 0. The molecule has 60 valence electrons. The number of rotatable bonds is 4. The van der Waals surface area contributed by atoms with Crippen LogP contribution in [0.5, 0.6) is 0 Å². The van der Waals surface area contributed by atoms with Crippen molar-refractivity contribution in [3.05, 3.63) is 0 Å². The zero-order chi connectivity index (χ0) is 7.40. The molecule has 0 unspecified atom stereocenters. The molecule has 0 spiro atoms. The average Bonchev–Trinajstić information content (AvgIpc) is 1.85. The van der Waals surface area contributed by atoms with Crippen molar-refractivity contribution in [2.75, 3.05) is 31.1 Å². The monoisotopic (exact) mass is 159 g/mol. The van der Waals surface area contributed by atoms with Gasteiger partial charge in [0, 0.05) is 25.4 Å². The summed E-state index contributed by atoms with van der Waals surface area (Å²) >= 11 is 2.05. The largest absolute Gasteiger partial charge is 0.302 e. The molecule has 1 fully saturated rings. The predicted octanol–water partition coefficient (Wildman–Crippen LogP) is 1.69. The van der Waals surface area contributed by atoms with Crippen molar-refractivity contribution < 1.29 is 0 Å². The Morgan fingerprint density at radius 1 is 1.50 bits per heavy atom. The highest BCUT2D eigenvalue weighted by Gasteiger charge is 2.20. The van der Waals surface area contributed by atoms with Crippen LogP contribution in [0.2, 0.25) is 0 Å². The van der Waals surface area contributed by atoms with Gasteiger partial charge in [-0.15, -0.1) is 0 Å². The second-order valence-electron chi connectivity index (χ2n) is 3.06. The van der Waals surface area contributed by atoms with E-state index in [0.717, 1.165) is 5.92 Å². The summed E-state index contributed by atoms with van der Waals surface area (Å²) in [5.41, 5.74) is 0. The maximum absolute atomic E-state index is 2.54. The van der Waals surface area contributed by atoms with Crippen LogP contribution in [-0.2, 0) is 0 Å². The lowest BCUT2D eigenvalue weighted by Gasteiger charge is -2.36. The molecule has 1 rings (SSSR count). The Kier molecular flexibility index (Phi) is 3.57. The molecule has 1 aliphatic heterocycles. The molecule has 1 aliphatic rings. The third-order valence-corrected chi connectivity index (χ3v) is 2.78. The van der Waals surface area contributed by atoms with E-state index in [2.05, 4.69) is 18.7 Å². The Bertz CT molecular complexity index is 89.3. The Balaban J connectivity index is 1.86. The van der Waals surface area contributed by atoms with Gasteiger partial charge in [-0.3, -0.25) is 0 Å². The van der Waals surface area contributed by atoms with E-state index in [-0.39, 0.29) is 0 Å². The molecule has 1 saturated heterocycles. The van der Waals surface area contributed by atoms with Crippen LogP contribution in [0.4, 0.5) is 0 Å². The fourth-order valence-electron chi connectivity index (χ4n) is 1.35. The topological polar surface area (TPSA) is 3.24 Å². The van der Waals surface area contributed by atoms with Crippen molar-refractivity contribution in [2.45, 2.75) is 13.8 Å². The molecule has 1 nitrogen and oxygen atoms in total. The zero-order valence-electron chi connectivity index (χ0n) is 6.97. The smallest absolute Gasteiger partial charge is 0.00726 e. The van der Waals surface area contributed by atoms with Gasteiger partial charge in [0.05, 0.1) is 0 Å². The van der Waals surface area contributed by atoms with E-state index in [1.165, 1.54) is 31.1 Å². The molecular weight excluding hydrogens is 142 g/mol. The summed E-state index contributed by atoms with van der Waals surface area (Å²) in [6, 6.07) is 0. The van der Waals surface area contributed by atoms with Crippen molar-refractivity contribution >= 4 is 11.8 Å². The van der Waals surface area contributed by atoms with Crippen LogP contribution >= 0.6 is 11.8 Å².